The summed E-state index contributed by atoms with van der Waals surface area (Å²) in [6.45, 7) is 4.68. The van der Waals surface area contributed by atoms with Crippen molar-refractivity contribution in [2.24, 2.45) is 0 Å². The standard InChI is InChI=1S/C21H22ClN3O3/c1-13(2)17-11-19(28-24-17)21(26)25-9-3-4-18(25)20-23-12-16(27-20)10-14-5-7-15(22)8-6-14/h5-8,11-13,18H,3-4,9-10H2,1-2H3/t18-/m1/s1. The fourth-order valence-corrected chi connectivity index (χ4v) is 3.56. The van der Waals surface area contributed by atoms with Gasteiger partial charge in [-0.25, -0.2) is 4.98 Å². The molecule has 3 heterocycles. The van der Waals surface area contributed by atoms with Gasteiger partial charge in [0.15, 0.2) is 0 Å². The second kappa shape index (κ2) is 7.80. The number of halogens is 1. The molecule has 0 N–H and O–H groups in total. The predicted molar refractivity (Wildman–Crippen MR) is 104 cm³/mol. The number of likely N-dealkylation sites (tertiary alicyclic amines) is 1. The summed E-state index contributed by atoms with van der Waals surface area (Å²) >= 11 is 5.93. The quantitative estimate of drug-likeness (QED) is 0.603. The molecule has 1 saturated heterocycles. The molecule has 0 spiro atoms. The van der Waals surface area contributed by atoms with Crippen LogP contribution in [0, 0.1) is 0 Å². The minimum atomic E-state index is -0.181. The van der Waals surface area contributed by atoms with Crippen molar-refractivity contribution < 1.29 is 13.7 Å². The first-order valence-electron chi connectivity index (χ1n) is 9.48. The number of carbonyl (C=O) groups excluding carboxylic acids is 1. The SMILES string of the molecule is CC(C)c1cc(C(=O)N2CCC[C@@H]2c2ncc(Cc3ccc(Cl)cc3)o2)on1. The maximum absolute atomic E-state index is 12.9. The molecule has 0 saturated carbocycles. The molecule has 4 rings (SSSR count). The van der Waals surface area contributed by atoms with E-state index in [-0.39, 0.29) is 23.6 Å². The van der Waals surface area contributed by atoms with Crippen LogP contribution >= 0.6 is 11.6 Å². The zero-order valence-corrected chi connectivity index (χ0v) is 16.6. The van der Waals surface area contributed by atoms with E-state index in [1.54, 1.807) is 17.2 Å². The first-order valence-corrected chi connectivity index (χ1v) is 9.85. The normalized spacial score (nSPS) is 16.9. The van der Waals surface area contributed by atoms with Crippen molar-refractivity contribution in [3.8, 4) is 0 Å². The van der Waals surface area contributed by atoms with Crippen LogP contribution in [0.15, 0.2) is 45.5 Å². The van der Waals surface area contributed by atoms with E-state index in [0.717, 1.165) is 29.9 Å². The van der Waals surface area contributed by atoms with E-state index in [1.807, 2.05) is 38.1 Å². The number of nitrogens with zero attached hydrogens (tertiary/aromatic N) is 3. The summed E-state index contributed by atoms with van der Waals surface area (Å²) < 4.78 is 11.3. The smallest absolute Gasteiger partial charge is 0.293 e. The number of oxazole rings is 1. The van der Waals surface area contributed by atoms with E-state index in [0.29, 0.717) is 23.9 Å². The van der Waals surface area contributed by atoms with Crippen molar-refractivity contribution >= 4 is 17.5 Å². The highest BCUT2D eigenvalue weighted by Crippen LogP contribution is 2.33. The lowest BCUT2D eigenvalue weighted by molar-refractivity contribution is 0.0672. The molecule has 1 aliphatic heterocycles. The average Bonchev–Trinajstić information content (AvgIpc) is 3.43. The van der Waals surface area contributed by atoms with E-state index in [4.69, 9.17) is 20.5 Å². The molecule has 1 atom stereocenters. The minimum absolute atomic E-state index is 0.167. The van der Waals surface area contributed by atoms with Gasteiger partial charge in [-0.2, -0.15) is 0 Å². The number of aromatic nitrogens is 2. The maximum Gasteiger partial charge on any atom is 0.293 e. The van der Waals surface area contributed by atoms with E-state index >= 15 is 0 Å². The van der Waals surface area contributed by atoms with Gasteiger partial charge in [0.1, 0.15) is 11.8 Å². The fraction of sp³-hybridized carbons (Fsp3) is 0.381. The third-order valence-electron chi connectivity index (χ3n) is 4.99. The van der Waals surface area contributed by atoms with Gasteiger partial charge in [-0.1, -0.05) is 42.7 Å². The first-order chi connectivity index (χ1) is 13.5. The summed E-state index contributed by atoms with van der Waals surface area (Å²) in [5, 5.41) is 4.70. The lowest BCUT2D eigenvalue weighted by atomic mass is 10.1. The number of hydrogen-bond acceptors (Lipinski definition) is 5. The van der Waals surface area contributed by atoms with Crippen molar-refractivity contribution in [1.29, 1.82) is 0 Å². The third kappa shape index (κ3) is 3.83. The molecular weight excluding hydrogens is 378 g/mol. The molecule has 2 aromatic heterocycles. The highest BCUT2D eigenvalue weighted by Gasteiger charge is 2.35. The molecule has 0 radical (unpaired) electrons. The number of benzene rings is 1. The highest BCUT2D eigenvalue weighted by atomic mass is 35.5. The van der Waals surface area contributed by atoms with Gasteiger partial charge in [-0.3, -0.25) is 4.79 Å². The topological polar surface area (TPSA) is 72.4 Å². The molecule has 28 heavy (non-hydrogen) atoms. The van der Waals surface area contributed by atoms with Crippen molar-refractivity contribution in [3.63, 3.8) is 0 Å². The summed E-state index contributed by atoms with van der Waals surface area (Å²) in [4.78, 5) is 19.1. The van der Waals surface area contributed by atoms with Crippen LogP contribution in [0.5, 0.6) is 0 Å². The Morgan fingerprint density at radius 1 is 1.32 bits per heavy atom. The molecule has 7 heteroatoms. The Hall–Kier alpha value is -2.60. The highest BCUT2D eigenvalue weighted by molar-refractivity contribution is 6.30. The number of hydrogen-bond donors (Lipinski definition) is 0. The first kappa shape index (κ1) is 18.7. The lowest BCUT2D eigenvalue weighted by Crippen LogP contribution is -2.30. The van der Waals surface area contributed by atoms with Gasteiger partial charge in [0.05, 0.1) is 11.9 Å². The number of rotatable bonds is 5. The van der Waals surface area contributed by atoms with Gasteiger partial charge >= 0.3 is 0 Å². The number of amides is 1. The van der Waals surface area contributed by atoms with E-state index in [2.05, 4.69) is 10.1 Å². The summed E-state index contributed by atoms with van der Waals surface area (Å²) in [5.41, 5.74) is 1.87. The Bertz CT molecular complexity index is 961. The van der Waals surface area contributed by atoms with Crippen LogP contribution in [0.25, 0.3) is 0 Å². The predicted octanol–water partition coefficient (Wildman–Crippen LogP) is 5.01. The van der Waals surface area contributed by atoms with E-state index in [1.165, 1.54) is 0 Å². The van der Waals surface area contributed by atoms with Gasteiger partial charge in [-0.05, 0) is 36.5 Å². The molecule has 3 aromatic rings. The van der Waals surface area contributed by atoms with Crippen LogP contribution in [-0.4, -0.2) is 27.5 Å². The molecule has 6 nitrogen and oxygen atoms in total. The summed E-state index contributed by atoms with van der Waals surface area (Å²) in [6, 6.07) is 9.18. The van der Waals surface area contributed by atoms with Crippen molar-refractivity contribution in [3.05, 3.63) is 70.2 Å². The largest absolute Gasteiger partial charge is 0.443 e. The molecule has 1 aromatic carbocycles. The fourth-order valence-electron chi connectivity index (χ4n) is 3.43. The van der Waals surface area contributed by atoms with E-state index < -0.39 is 0 Å². The summed E-state index contributed by atoms with van der Waals surface area (Å²) in [5.74, 6) is 1.64. The van der Waals surface area contributed by atoms with Crippen LogP contribution in [0.3, 0.4) is 0 Å². The van der Waals surface area contributed by atoms with Crippen LogP contribution < -0.4 is 0 Å². The van der Waals surface area contributed by atoms with Gasteiger partial charge < -0.3 is 13.8 Å². The zero-order chi connectivity index (χ0) is 19.7. The molecular formula is C21H22ClN3O3. The molecule has 0 bridgehead atoms. The molecule has 1 aliphatic rings. The second-order valence-corrected chi connectivity index (χ2v) is 7.83. The van der Waals surface area contributed by atoms with Crippen LogP contribution in [0.4, 0.5) is 0 Å². The van der Waals surface area contributed by atoms with Gasteiger partial charge in [0, 0.05) is 24.1 Å². The molecule has 146 valence electrons. The van der Waals surface area contributed by atoms with Crippen molar-refractivity contribution in [1.82, 2.24) is 15.0 Å². The van der Waals surface area contributed by atoms with Crippen molar-refractivity contribution in [2.75, 3.05) is 6.54 Å². The van der Waals surface area contributed by atoms with Gasteiger partial charge in [0.2, 0.25) is 11.7 Å². The Balaban J connectivity index is 1.49. The zero-order valence-electron chi connectivity index (χ0n) is 15.9. The maximum atomic E-state index is 12.9. The molecule has 1 fully saturated rings. The number of carbonyl (C=O) groups is 1. The summed E-state index contributed by atoms with van der Waals surface area (Å²) in [6.07, 6.45) is 4.08. The Labute approximate surface area is 168 Å². The third-order valence-corrected chi connectivity index (χ3v) is 5.24. The Morgan fingerprint density at radius 2 is 2.11 bits per heavy atom. The van der Waals surface area contributed by atoms with Crippen molar-refractivity contribution in [2.45, 2.75) is 45.1 Å². The van der Waals surface area contributed by atoms with Crippen LogP contribution in [0.2, 0.25) is 5.02 Å². The minimum Gasteiger partial charge on any atom is -0.443 e. The second-order valence-electron chi connectivity index (χ2n) is 7.40. The van der Waals surface area contributed by atoms with Gasteiger partial charge in [-0.15, -0.1) is 0 Å². The molecule has 0 unspecified atom stereocenters. The molecule has 0 aliphatic carbocycles. The van der Waals surface area contributed by atoms with Gasteiger partial charge in [0.25, 0.3) is 5.91 Å². The average molecular weight is 400 g/mol. The molecule has 1 amide bonds. The lowest BCUT2D eigenvalue weighted by Gasteiger charge is -2.20. The monoisotopic (exact) mass is 399 g/mol. The Morgan fingerprint density at radius 3 is 2.82 bits per heavy atom. The summed E-state index contributed by atoms with van der Waals surface area (Å²) in [7, 11) is 0. The van der Waals surface area contributed by atoms with E-state index in [9.17, 15) is 4.79 Å². The Kier molecular flexibility index (Phi) is 5.22. The van der Waals surface area contributed by atoms with Crippen LogP contribution in [0.1, 0.15) is 72.1 Å². The van der Waals surface area contributed by atoms with Crippen LogP contribution in [-0.2, 0) is 6.42 Å².